The third-order valence-electron chi connectivity index (χ3n) is 6.23. The Morgan fingerprint density at radius 1 is 1.03 bits per heavy atom. The zero-order valence-corrected chi connectivity index (χ0v) is 19.3. The highest BCUT2D eigenvalue weighted by molar-refractivity contribution is 6.06. The van der Waals surface area contributed by atoms with Crippen LogP contribution in [0.2, 0.25) is 0 Å². The summed E-state index contributed by atoms with van der Waals surface area (Å²) in [6.45, 7) is 10.8. The largest absolute Gasteiger partial charge is 0.492 e. The third kappa shape index (κ3) is 4.97. The molecule has 1 aliphatic heterocycles. The number of fused-ring (bicyclic) bond motifs is 1. The fourth-order valence-corrected chi connectivity index (χ4v) is 4.35. The molecule has 3 aromatic rings. The summed E-state index contributed by atoms with van der Waals surface area (Å²) in [4.78, 5) is 17.6. The molecule has 0 bridgehead atoms. The van der Waals surface area contributed by atoms with Gasteiger partial charge in [0.15, 0.2) is 0 Å². The first kappa shape index (κ1) is 22.4. The maximum atomic E-state index is 12.8. The number of piperazine rings is 1. The van der Waals surface area contributed by atoms with Gasteiger partial charge in [-0.05, 0) is 44.7 Å². The van der Waals surface area contributed by atoms with Crippen molar-refractivity contribution in [3.63, 3.8) is 0 Å². The normalized spacial score (nSPS) is 15.2. The van der Waals surface area contributed by atoms with E-state index in [0.29, 0.717) is 25.3 Å². The molecule has 0 amide bonds. The highest BCUT2D eigenvalue weighted by atomic mass is 16.5. The molecule has 170 valence electrons. The Balaban J connectivity index is 1.57. The predicted molar refractivity (Wildman–Crippen MR) is 128 cm³/mol. The van der Waals surface area contributed by atoms with Crippen molar-refractivity contribution in [2.75, 3.05) is 53.0 Å². The molecule has 2 heterocycles. The number of esters is 1. The topological polar surface area (TPSA) is 46.9 Å². The molecule has 0 spiro atoms. The van der Waals surface area contributed by atoms with Gasteiger partial charge >= 0.3 is 5.97 Å². The number of benzene rings is 2. The smallest absolute Gasteiger partial charge is 0.340 e. The molecular weight excluding hydrogens is 402 g/mol. The highest BCUT2D eigenvalue weighted by Crippen LogP contribution is 2.31. The second-order valence-electron chi connectivity index (χ2n) is 8.42. The van der Waals surface area contributed by atoms with Crippen LogP contribution in [0.15, 0.2) is 48.5 Å². The van der Waals surface area contributed by atoms with Crippen LogP contribution in [0.25, 0.3) is 10.9 Å². The SMILES string of the molecule is CCOC(=O)c1c(C)n(Cc2ccccc2)c2ccc(OCCN3CCN(C)CC3)cc12. The van der Waals surface area contributed by atoms with Gasteiger partial charge in [-0.25, -0.2) is 4.79 Å². The van der Waals surface area contributed by atoms with E-state index in [9.17, 15) is 4.79 Å². The van der Waals surface area contributed by atoms with Crippen LogP contribution in [-0.4, -0.2) is 73.3 Å². The Bertz CT molecular complexity index is 1050. The molecule has 1 aliphatic rings. The van der Waals surface area contributed by atoms with Crippen LogP contribution in [0.3, 0.4) is 0 Å². The van der Waals surface area contributed by atoms with E-state index < -0.39 is 0 Å². The molecule has 0 saturated carbocycles. The van der Waals surface area contributed by atoms with Crippen LogP contribution in [0.1, 0.15) is 28.5 Å². The Morgan fingerprint density at radius 2 is 1.78 bits per heavy atom. The van der Waals surface area contributed by atoms with Crippen molar-refractivity contribution in [2.45, 2.75) is 20.4 Å². The van der Waals surface area contributed by atoms with Crippen LogP contribution in [0.4, 0.5) is 0 Å². The van der Waals surface area contributed by atoms with E-state index in [4.69, 9.17) is 9.47 Å². The van der Waals surface area contributed by atoms with E-state index in [0.717, 1.165) is 55.1 Å². The first-order chi connectivity index (χ1) is 15.6. The summed E-state index contributed by atoms with van der Waals surface area (Å²) in [5.41, 5.74) is 3.75. The van der Waals surface area contributed by atoms with Crippen LogP contribution >= 0.6 is 0 Å². The van der Waals surface area contributed by atoms with E-state index in [2.05, 4.69) is 39.6 Å². The van der Waals surface area contributed by atoms with Gasteiger partial charge in [-0.1, -0.05) is 30.3 Å². The standard InChI is InChI=1S/C26H33N3O3/c1-4-31-26(30)25-20(2)29(19-21-8-6-5-7-9-21)24-11-10-22(18-23(24)25)32-17-16-28-14-12-27(3)13-15-28/h5-11,18H,4,12-17,19H2,1-3H3. The number of likely N-dealkylation sites (N-methyl/N-ethyl adjacent to an activating group) is 1. The lowest BCUT2D eigenvalue weighted by Crippen LogP contribution is -2.45. The van der Waals surface area contributed by atoms with Crippen LogP contribution in [0, 0.1) is 6.92 Å². The number of aromatic nitrogens is 1. The van der Waals surface area contributed by atoms with Gasteiger partial charge in [0.05, 0.1) is 12.2 Å². The second-order valence-corrected chi connectivity index (χ2v) is 8.42. The quantitative estimate of drug-likeness (QED) is 0.504. The molecule has 0 unspecified atom stereocenters. The Labute approximate surface area is 190 Å². The molecule has 1 saturated heterocycles. The highest BCUT2D eigenvalue weighted by Gasteiger charge is 2.22. The monoisotopic (exact) mass is 435 g/mol. The molecule has 6 nitrogen and oxygen atoms in total. The molecule has 32 heavy (non-hydrogen) atoms. The van der Waals surface area contributed by atoms with Crippen molar-refractivity contribution in [1.82, 2.24) is 14.4 Å². The number of ether oxygens (including phenoxy) is 2. The molecule has 0 N–H and O–H groups in total. The van der Waals surface area contributed by atoms with Crippen molar-refractivity contribution in [3.8, 4) is 5.75 Å². The van der Waals surface area contributed by atoms with Crippen molar-refractivity contribution >= 4 is 16.9 Å². The van der Waals surface area contributed by atoms with Gasteiger partial charge in [-0.2, -0.15) is 0 Å². The summed E-state index contributed by atoms with van der Waals surface area (Å²) in [5, 5.41) is 0.883. The Hall–Kier alpha value is -2.83. The number of hydrogen-bond acceptors (Lipinski definition) is 5. The zero-order chi connectivity index (χ0) is 22.5. The van der Waals surface area contributed by atoms with E-state index in [-0.39, 0.29) is 5.97 Å². The molecule has 4 rings (SSSR count). The predicted octanol–water partition coefficient (Wildman–Crippen LogP) is 3.80. The number of carbonyl (C=O) groups is 1. The lowest BCUT2D eigenvalue weighted by molar-refractivity contribution is 0.0527. The van der Waals surface area contributed by atoms with Crippen molar-refractivity contribution in [3.05, 3.63) is 65.4 Å². The molecule has 0 aliphatic carbocycles. The Morgan fingerprint density at radius 3 is 2.50 bits per heavy atom. The lowest BCUT2D eigenvalue weighted by Gasteiger charge is -2.32. The summed E-state index contributed by atoms with van der Waals surface area (Å²) >= 11 is 0. The summed E-state index contributed by atoms with van der Waals surface area (Å²) in [6.07, 6.45) is 0. The number of rotatable bonds is 8. The van der Waals surface area contributed by atoms with Crippen molar-refractivity contribution in [1.29, 1.82) is 0 Å². The maximum absolute atomic E-state index is 12.8. The molecule has 2 aromatic carbocycles. The van der Waals surface area contributed by atoms with E-state index in [1.54, 1.807) is 0 Å². The van der Waals surface area contributed by atoms with Crippen molar-refractivity contribution < 1.29 is 14.3 Å². The average molecular weight is 436 g/mol. The average Bonchev–Trinajstić information content (AvgIpc) is 3.07. The molecule has 1 fully saturated rings. The molecule has 0 radical (unpaired) electrons. The van der Waals surface area contributed by atoms with Gasteiger partial charge in [0.1, 0.15) is 12.4 Å². The molecule has 0 atom stereocenters. The van der Waals surface area contributed by atoms with E-state index >= 15 is 0 Å². The summed E-state index contributed by atoms with van der Waals surface area (Å²) in [7, 11) is 2.16. The van der Waals surface area contributed by atoms with E-state index in [1.807, 2.05) is 44.2 Å². The summed E-state index contributed by atoms with van der Waals surface area (Å²) in [6, 6.07) is 16.3. The minimum atomic E-state index is -0.281. The minimum absolute atomic E-state index is 0.281. The Kier molecular flexibility index (Phi) is 7.12. The molecular formula is C26H33N3O3. The minimum Gasteiger partial charge on any atom is -0.492 e. The molecule has 6 heteroatoms. The molecule has 1 aromatic heterocycles. The number of nitrogens with zero attached hydrogens (tertiary/aromatic N) is 3. The third-order valence-corrected chi connectivity index (χ3v) is 6.23. The first-order valence-electron chi connectivity index (χ1n) is 11.4. The van der Waals surface area contributed by atoms with Gasteiger partial charge in [-0.3, -0.25) is 4.90 Å². The van der Waals surface area contributed by atoms with Crippen LogP contribution < -0.4 is 4.74 Å². The summed E-state index contributed by atoms with van der Waals surface area (Å²) < 4.78 is 13.7. The van der Waals surface area contributed by atoms with Gasteiger partial charge in [0.2, 0.25) is 0 Å². The fourth-order valence-electron chi connectivity index (χ4n) is 4.35. The maximum Gasteiger partial charge on any atom is 0.340 e. The number of hydrogen-bond donors (Lipinski definition) is 0. The summed E-state index contributed by atoms with van der Waals surface area (Å²) in [5.74, 6) is 0.505. The fraction of sp³-hybridized carbons (Fsp3) is 0.423. The van der Waals surface area contributed by atoms with Gasteiger partial charge in [0.25, 0.3) is 0 Å². The second kappa shape index (κ2) is 10.2. The van der Waals surface area contributed by atoms with Crippen LogP contribution in [-0.2, 0) is 11.3 Å². The zero-order valence-electron chi connectivity index (χ0n) is 19.3. The number of carbonyl (C=O) groups excluding carboxylic acids is 1. The van der Waals surface area contributed by atoms with Gasteiger partial charge in [0, 0.05) is 55.9 Å². The lowest BCUT2D eigenvalue weighted by atomic mass is 10.1. The first-order valence-corrected chi connectivity index (χ1v) is 11.4. The van der Waals surface area contributed by atoms with Gasteiger partial charge in [-0.15, -0.1) is 0 Å². The van der Waals surface area contributed by atoms with Crippen molar-refractivity contribution in [2.24, 2.45) is 0 Å². The van der Waals surface area contributed by atoms with Crippen LogP contribution in [0.5, 0.6) is 5.75 Å². The van der Waals surface area contributed by atoms with E-state index in [1.165, 1.54) is 5.56 Å². The van der Waals surface area contributed by atoms with Gasteiger partial charge < -0.3 is 18.9 Å².